The van der Waals surface area contributed by atoms with Gasteiger partial charge in [0.15, 0.2) is 5.96 Å². The van der Waals surface area contributed by atoms with Gasteiger partial charge in [-0.15, -0.1) is 0 Å². The Balaban J connectivity index is 2.22. The van der Waals surface area contributed by atoms with Gasteiger partial charge in [0.05, 0.1) is 0 Å². The van der Waals surface area contributed by atoms with Crippen LogP contribution in [-0.2, 0) is 0 Å². The number of hydrogen-bond acceptors (Lipinski definition) is 2. The Hall–Kier alpha value is -1.72. The van der Waals surface area contributed by atoms with Crippen LogP contribution >= 0.6 is 0 Å². The summed E-state index contributed by atoms with van der Waals surface area (Å²) in [6.45, 7) is 3.85. The largest absolute Gasteiger partial charge is 0.390 e. The van der Waals surface area contributed by atoms with Gasteiger partial charge in [0.2, 0.25) is 5.96 Å². The van der Waals surface area contributed by atoms with E-state index in [9.17, 15) is 0 Å². The molecule has 6 nitrogen and oxygen atoms in total. The van der Waals surface area contributed by atoms with Crippen molar-refractivity contribution in [1.82, 2.24) is 10.6 Å². The number of nitrogens with two attached hydrogens (primary N) is 2. The van der Waals surface area contributed by atoms with E-state index in [1.165, 1.54) is 5.57 Å². The second kappa shape index (κ2) is 5.23. The van der Waals surface area contributed by atoms with Crippen molar-refractivity contribution in [3.63, 3.8) is 0 Å². The van der Waals surface area contributed by atoms with E-state index in [0.29, 0.717) is 12.5 Å². The third kappa shape index (κ3) is 3.88. The highest BCUT2D eigenvalue weighted by Crippen LogP contribution is 2.16. The Morgan fingerprint density at radius 1 is 1.73 bits per heavy atom. The molecule has 7 N–H and O–H groups in total. The maximum absolute atomic E-state index is 7.35. The van der Waals surface area contributed by atoms with Crippen LogP contribution in [0.25, 0.3) is 0 Å². The van der Waals surface area contributed by atoms with Gasteiger partial charge in [0.25, 0.3) is 0 Å². The molecule has 0 saturated heterocycles. The van der Waals surface area contributed by atoms with Crippen molar-refractivity contribution in [3.8, 4) is 0 Å². The van der Waals surface area contributed by atoms with Gasteiger partial charge in [-0.05, 0) is 24.1 Å². The van der Waals surface area contributed by atoms with Gasteiger partial charge in [-0.25, -0.2) is 0 Å². The molecule has 0 saturated carbocycles. The summed E-state index contributed by atoms with van der Waals surface area (Å²) < 4.78 is 0. The van der Waals surface area contributed by atoms with Crippen molar-refractivity contribution in [2.75, 3.05) is 13.1 Å². The molecule has 0 aromatic carbocycles. The minimum Gasteiger partial charge on any atom is -0.390 e. The molecule has 15 heavy (non-hydrogen) atoms. The standard InChI is InChI=1S/C9H18N6/c1-6-4-13-5-7(6)2-3-14-9(12)15-8(10)11/h5-6,13H,2-4H2,1H3,(H6,10,11,12,14,15). The van der Waals surface area contributed by atoms with Gasteiger partial charge in [0.1, 0.15) is 0 Å². The van der Waals surface area contributed by atoms with E-state index in [1.54, 1.807) is 0 Å². The van der Waals surface area contributed by atoms with Gasteiger partial charge in [-0.1, -0.05) is 6.92 Å². The summed E-state index contributed by atoms with van der Waals surface area (Å²) in [6.07, 6.45) is 2.94. The molecule has 6 heteroatoms. The number of rotatable bonds is 3. The summed E-state index contributed by atoms with van der Waals surface area (Å²) in [5.74, 6) is 0.487. The minimum atomic E-state index is -0.0948. The topological polar surface area (TPSA) is 112 Å². The number of aliphatic imine (C=N–C) groups is 1. The summed E-state index contributed by atoms with van der Waals surface area (Å²) in [7, 11) is 0. The predicted molar refractivity (Wildman–Crippen MR) is 61.4 cm³/mol. The van der Waals surface area contributed by atoms with Gasteiger partial charge in [-0.3, -0.25) is 5.41 Å². The number of hydrogen-bond donors (Lipinski definition) is 5. The van der Waals surface area contributed by atoms with Crippen molar-refractivity contribution < 1.29 is 0 Å². The smallest absolute Gasteiger partial charge is 0.218 e. The molecule has 0 bridgehead atoms. The lowest BCUT2D eigenvalue weighted by Gasteiger charge is -2.08. The molecular formula is C9H18N6. The number of nitrogens with one attached hydrogen (secondary N) is 3. The molecule has 0 amide bonds. The zero-order valence-electron chi connectivity index (χ0n) is 8.88. The fourth-order valence-electron chi connectivity index (χ4n) is 1.45. The van der Waals surface area contributed by atoms with Crippen molar-refractivity contribution in [2.24, 2.45) is 22.4 Å². The van der Waals surface area contributed by atoms with Crippen LogP contribution in [-0.4, -0.2) is 25.0 Å². The average molecular weight is 210 g/mol. The molecule has 84 valence electrons. The Kier molecular flexibility index (Phi) is 3.96. The molecule has 0 aromatic heterocycles. The maximum Gasteiger partial charge on any atom is 0.218 e. The molecule has 0 aromatic rings. The van der Waals surface area contributed by atoms with Crippen LogP contribution in [0.15, 0.2) is 16.8 Å². The van der Waals surface area contributed by atoms with Crippen LogP contribution in [0.4, 0.5) is 0 Å². The van der Waals surface area contributed by atoms with Crippen LogP contribution in [0.1, 0.15) is 13.3 Å². The molecule has 1 aliphatic rings. The lowest BCUT2D eigenvalue weighted by molar-refractivity contribution is 0.661. The maximum atomic E-state index is 7.35. The van der Waals surface area contributed by atoms with E-state index >= 15 is 0 Å². The van der Waals surface area contributed by atoms with Crippen molar-refractivity contribution >= 4 is 11.9 Å². The summed E-state index contributed by atoms with van der Waals surface area (Å²) in [6, 6.07) is 0. The highest BCUT2D eigenvalue weighted by molar-refractivity contribution is 5.91. The first kappa shape index (κ1) is 11.4. The highest BCUT2D eigenvalue weighted by Gasteiger charge is 2.12. The Morgan fingerprint density at radius 2 is 2.47 bits per heavy atom. The molecule has 1 atom stereocenters. The van der Waals surface area contributed by atoms with E-state index in [2.05, 4.69) is 22.5 Å². The number of nitrogens with zero attached hydrogens (tertiary/aromatic N) is 1. The van der Waals surface area contributed by atoms with Crippen LogP contribution < -0.4 is 22.1 Å². The fourth-order valence-corrected chi connectivity index (χ4v) is 1.45. The zero-order chi connectivity index (χ0) is 11.3. The first-order chi connectivity index (χ1) is 7.09. The van der Waals surface area contributed by atoms with Crippen LogP contribution in [0.2, 0.25) is 0 Å². The molecule has 0 fully saturated rings. The predicted octanol–water partition coefficient (Wildman–Crippen LogP) is -0.703. The zero-order valence-corrected chi connectivity index (χ0v) is 8.88. The van der Waals surface area contributed by atoms with Crippen LogP contribution in [0.3, 0.4) is 0 Å². The lowest BCUT2D eigenvalue weighted by Crippen LogP contribution is -2.29. The van der Waals surface area contributed by atoms with Crippen LogP contribution in [0.5, 0.6) is 0 Å². The van der Waals surface area contributed by atoms with E-state index < -0.39 is 0 Å². The average Bonchev–Trinajstić information content (AvgIpc) is 2.50. The Morgan fingerprint density at radius 3 is 3.00 bits per heavy atom. The molecule has 1 aliphatic heterocycles. The van der Waals surface area contributed by atoms with E-state index in [-0.39, 0.29) is 11.9 Å². The minimum absolute atomic E-state index is 0.00853. The molecule has 0 aliphatic carbocycles. The molecule has 1 heterocycles. The Bertz CT molecular complexity index is 289. The van der Waals surface area contributed by atoms with E-state index in [4.69, 9.17) is 16.9 Å². The van der Waals surface area contributed by atoms with Crippen molar-refractivity contribution in [3.05, 3.63) is 11.8 Å². The monoisotopic (exact) mass is 210 g/mol. The van der Waals surface area contributed by atoms with Crippen molar-refractivity contribution in [2.45, 2.75) is 13.3 Å². The van der Waals surface area contributed by atoms with Crippen LogP contribution in [0, 0.1) is 11.3 Å². The summed E-state index contributed by atoms with van der Waals surface area (Å²) in [4.78, 5) is 3.57. The molecule has 1 rings (SSSR count). The highest BCUT2D eigenvalue weighted by atomic mass is 15.1. The molecule has 0 spiro atoms. The first-order valence-corrected chi connectivity index (χ1v) is 4.94. The normalized spacial score (nSPS) is 19.0. The lowest BCUT2D eigenvalue weighted by atomic mass is 10.0. The summed E-state index contributed by atoms with van der Waals surface area (Å²) in [5, 5.41) is 13.4. The quantitative estimate of drug-likeness (QED) is 0.313. The van der Waals surface area contributed by atoms with Gasteiger partial charge in [-0.2, -0.15) is 4.99 Å². The summed E-state index contributed by atoms with van der Waals surface area (Å²) in [5.41, 5.74) is 11.6. The second-order valence-electron chi connectivity index (χ2n) is 3.59. The van der Waals surface area contributed by atoms with Gasteiger partial charge in [0, 0.05) is 13.1 Å². The SMILES string of the molecule is CC1CNC=C1CCNC(=N)N=C(N)N. The first-order valence-electron chi connectivity index (χ1n) is 4.94. The Labute approximate surface area is 89.3 Å². The third-order valence-electron chi connectivity index (χ3n) is 2.29. The molecular weight excluding hydrogens is 192 g/mol. The third-order valence-corrected chi connectivity index (χ3v) is 2.29. The summed E-state index contributed by atoms with van der Waals surface area (Å²) >= 11 is 0. The van der Waals surface area contributed by atoms with E-state index in [0.717, 1.165) is 13.0 Å². The van der Waals surface area contributed by atoms with E-state index in [1.807, 2.05) is 6.20 Å². The van der Waals surface area contributed by atoms with Gasteiger partial charge >= 0.3 is 0 Å². The van der Waals surface area contributed by atoms with Crippen molar-refractivity contribution in [1.29, 1.82) is 5.41 Å². The fraction of sp³-hybridized carbons (Fsp3) is 0.556. The van der Waals surface area contributed by atoms with Gasteiger partial charge < -0.3 is 22.1 Å². The molecule has 1 unspecified atom stereocenters. The second-order valence-corrected chi connectivity index (χ2v) is 3.59. The molecule has 0 radical (unpaired) electrons. The number of guanidine groups is 2.